The molecule has 4 aromatic carbocycles. The van der Waals surface area contributed by atoms with E-state index < -0.39 is 11.9 Å². The van der Waals surface area contributed by atoms with E-state index in [1.54, 1.807) is 42.1 Å². The second kappa shape index (κ2) is 9.24. The predicted molar refractivity (Wildman–Crippen MR) is 134 cm³/mol. The lowest BCUT2D eigenvalue weighted by Gasteiger charge is -2.07. The molecule has 34 heavy (non-hydrogen) atoms. The van der Waals surface area contributed by atoms with Crippen LogP contribution in [0.1, 0.15) is 26.3 Å². The lowest BCUT2D eigenvalue weighted by Crippen LogP contribution is -2.16. The molecule has 0 aliphatic heterocycles. The van der Waals surface area contributed by atoms with Gasteiger partial charge in [-0.05, 0) is 47.3 Å². The molecule has 0 spiro atoms. The molecule has 0 fully saturated rings. The van der Waals surface area contributed by atoms with Gasteiger partial charge in [0, 0.05) is 16.8 Å². The molecule has 0 atom stereocenters. The van der Waals surface area contributed by atoms with Crippen LogP contribution in [0.5, 0.6) is 0 Å². The number of aromatic nitrogens is 1. The number of hydrogen-bond donors (Lipinski definition) is 2. The van der Waals surface area contributed by atoms with E-state index in [1.807, 2.05) is 30.3 Å². The van der Waals surface area contributed by atoms with E-state index in [1.165, 1.54) is 29.5 Å². The van der Waals surface area contributed by atoms with Crippen LogP contribution in [0.4, 0.5) is 10.1 Å². The summed E-state index contributed by atoms with van der Waals surface area (Å²) in [5.74, 6) is -1.22. The quantitative estimate of drug-likeness (QED) is 0.256. The lowest BCUT2D eigenvalue weighted by molar-refractivity contribution is 0.0692. The van der Waals surface area contributed by atoms with Crippen LogP contribution in [0.3, 0.4) is 0 Å². The van der Waals surface area contributed by atoms with Crippen molar-refractivity contribution in [3.05, 3.63) is 101 Å². The molecule has 0 unspecified atom stereocenters. The molecule has 168 valence electrons. The molecule has 1 amide bonds. The number of carboxylic acids is 1. The highest BCUT2D eigenvalue weighted by Gasteiger charge is 2.16. The number of rotatable bonds is 6. The van der Waals surface area contributed by atoms with E-state index in [4.69, 9.17) is 0 Å². The molecule has 5 rings (SSSR count). The molecule has 5 aromatic rings. The first-order valence-corrected chi connectivity index (χ1v) is 12.1. The van der Waals surface area contributed by atoms with Crippen LogP contribution in [0.25, 0.3) is 21.0 Å². The fourth-order valence-electron chi connectivity index (χ4n) is 3.70. The van der Waals surface area contributed by atoms with Gasteiger partial charge in [0.15, 0.2) is 4.34 Å². The van der Waals surface area contributed by atoms with Gasteiger partial charge in [-0.25, -0.2) is 14.2 Å². The van der Waals surface area contributed by atoms with Crippen LogP contribution in [0.15, 0.2) is 83.2 Å². The maximum absolute atomic E-state index is 14.1. The molecule has 0 aliphatic carbocycles. The average molecular weight is 489 g/mol. The van der Waals surface area contributed by atoms with E-state index in [-0.39, 0.29) is 16.9 Å². The highest BCUT2D eigenvalue weighted by molar-refractivity contribution is 8.00. The minimum Gasteiger partial charge on any atom is -0.478 e. The van der Waals surface area contributed by atoms with Crippen LogP contribution in [-0.2, 0) is 5.75 Å². The van der Waals surface area contributed by atoms with Crippen molar-refractivity contribution in [2.75, 3.05) is 5.32 Å². The van der Waals surface area contributed by atoms with Crippen molar-refractivity contribution < 1.29 is 19.1 Å². The highest BCUT2D eigenvalue weighted by Crippen LogP contribution is 2.34. The van der Waals surface area contributed by atoms with Crippen LogP contribution in [0.2, 0.25) is 0 Å². The van der Waals surface area contributed by atoms with Crippen LogP contribution in [0, 0.1) is 5.82 Å². The fraction of sp³-hybridized carbons (Fsp3) is 0.0385. The van der Waals surface area contributed by atoms with Crippen molar-refractivity contribution in [2.24, 2.45) is 0 Å². The molecular formula is C26H17FN2O3S2. The van der Waals surface area contributed by atoms with Crippen LogP contribution in [-0.4, -0.2) is 22.0 Å². The first kappa shape index (κ1) is 22.1. The Labute approximate surface area is 202 Å². The molecule has 1 heterocycles. The van der Waals surface area contributed by atoms with Crippen molar-refractivity contribution in [2.45, 2.75) is 10.1 Å². The van der Waals surface area contributed by atoms with E-state index in [0.717, 1.165) is 25.5 Å². The Bertz CT molecular complexity index is 1560. The number of thiazole rings is 1. The summed E-state index contributed by atoms with van der Waals surface area (Å²) in [4.78, 5) is 28.7. The Hall–Kier alpha value is -3.75. The first-order chi connectivity index (χ1) is 16.5. The largest absolute Gasteiger partial charge is 0.478 e. The summed E-state index contributed by atoms with van der Waals surface area (Å²) in [6.45, 7) is 0. The Morgan fingerprint density at radius 3 is 2.47 bits per heavy atom. The summed E-state index contributed by atoms with van der Waals surface area (Å²) >= 11 is 3.08. The van der Waals surface area contributed by atoms with E-state index >= 15 is 0 Å². The van der Waals surface area contributed by atoms with Crippen LogP contribution >= 0.6 is 23.1 Å². The molecule has 0 radical (unpaired) electrons. The summed E-state index contributed by atoms with van der Waals surface area (Å²) in [7, 11) is 0. The van der Waals surface area contributed by atoms with Gasteiger partial charge in [0.2, 0.25) is 0 Å². The SMILES string of the molecule is O=C(O)c1ccccc1C(=O)Nc1ccc2nc(SCc3ccc(F)c4ccccc34)sc2c1. The number of anilines is 1. The third-order valence-electron chi connectivity index (χ3n) is 5.34. The number of aromatic carboxylic acids is 1. The number of halogens is 1. The lowest BCUT2D eigenvalue weighted by atomic mass is 10.1. The van der Waals surface area contributed by atoms with Crippen LogP contribution < -0.4 is 5.32 Å². The van der Waals surface area contributed by atoms with E-state index in [2.05, 4.69) is 10.3 Å². The first-order valence-electron chi connectivity index (χ1n) is 10.3. The topological polar surface area (TPSA) is 79.3 Å². The third kappa shape index (κ3) is 4.37. The zero-order chi connectivity index (χ0) is 23.7. The highest BCUT2D eigenvalue weighted by atomic mass is 32.2. The van der Waals surface area contributed by atoms with Crippen molar-refractivity contribution in [1.82, 2.24) is 4.98 Å². The molecule has 1 aromatic heterocycles. The average Bonchev–Trinajstić information content (AvgIpc) is 3.26. The third-order valence-corrected chi connectivity index (χ3v) is 7.55. The van der Waals surface area contributed by atoms with Gasteiger partial charge in [0.05, 0.1) is 21.3 Å². The summed E-state index contributed by atoms with van der Waals surface area (Å²) < 4.78 is 15.9. The Balaban J connectivity index is 1.34. The minimum absolute atomic E-state index is 0.0501. The molecule has 0 bridgehead atoms. The van der Waals surface area contributed by atoms with Gasteiger partial charge < -0.3 is 10.4 Å². The smallest absolute Gasteiger partial charge is 0.336 e. The summed E-state index contributed by atoms with van der Waals surface area (Å²) in [6, 6.07) is 22.2. The maximum Gasteiger partial charge on any atom is 0.336 e. The Kier molecular flexibility index (Phi) is 6.00. The monoisotopic (exact) mass is 488 g/mol. The number of benzene rings is 4. The molecule has 8 heteroatoms. The molecule has 0 aliphatic rings. The van der Waals surface area contributed by atoms with Gasteiger partial charge >= 0.3 is 5.97 Å². The van der Waals surface area contributed by atoms with Gasteiger partial charge in [0.1, 0.15) is 5.82 Å². The second-order valence-electron chi connectivity index (χ2n) is 7.51. The standard InChI is InChI=1S/C26H17FN2O3S2/c27-21-11-9-15(17-5-1-2-6-18(17)21)14-33-26-29-22-12-10-16(13-23(22)34-26)28-24(30)19-7-3-4-8-20(19)25(31)32/h1-13H,14H2,(H,28,30)(H,31,32). The summed E-state index contributed by atoms with van der Waals surface area (Å²) in [5, 5.41) is 13.6. The number of thioether (sulfide) groups is 1. The van der Waals surface area contributed by atoms with Crippen molar-refractivity contribution in [3.8, 4) is 0 Å². The van der Waals surface area contributed by atoms with Crippen molar-refractivity contribution >= 4 is 61.7 Å². The van der Waals surface area contributed by atoms with Crippen molar-refractivity contribution in [3.63, 3.8) is 0 Å². The van der Waals surface area contributed by atoms with Gasteiger partial charge in [-0.1, -0.05) is 54.2 Å². The zero-order valence-electron chi connectivity index (χ0n) is 17.6. The maximum atomic E-state index is 14.1. The van der Waals surface area contributed by atoms with Gasteiger partial charge in [-0.2, -0.15) is 0 Å². The number of carbonyl (C=O) groups is 2. The number of carboxylic acid groups (broad SMARTS) is 1. The number of carbonyl (C=O) groups excluding carboxylic acids is 1. The predicted octanol–water partition coefficient (Wildman–Crippen LogP) is 6.83. The number of nitrogens with one attached hydrogen (secondary N) is 1. The van der Waals surface area contributed by atoms with Gasteiger partial charge in [0.25, 0.3) is 5.91 Å². The summed E-state index contributed by atoms with van der Waals surface area (Å²) in [6.07, 6.45) is 0. The molecule has 2 N–H and O–H groups in total. The molecule has 0 saturated carbocycles. The molecule has 0 saturated heterocycles. The zero-order valence-corrected chi connectivity index (χ0v) is 19.3. The molecular weight excluding hydrogens is 471 g/mol. The number of amides is 1. The second-order valence-corrected chi connectivity index (χ2v) is 9.76. The minimum atomic E-state index is -1.15. The number of nitrogens with zero attached hydrogens (tertiary/aromatic N) is 1. The van der Waals surface area contributed by atoms with E-state index in [9.17, 15) is 19.1 Å². The van der Waals surface area contributed by atoms with Gasteiger partial charge in [-0.3, -0.25) is 4.79 Å². The van der Waals surface area contributed by atoms with Gasteiger partial charge in [-0.15, -0.1) is 11.3 Å². The number of fused-ring (bicyclic) bond motifs is 2. The molecule has 5 nitrogen and oxygen atoms in total. The normalized spacial score (nSPS) is 11.1. The Morgan fingerprint density at radius 2 is 1.68 bits per heavy atom. The van der Waals surface area contributed by atoms with E-state index in [0.29, 0.717) is 16.8 Å². The number of hydrogen-bond acceptors (Lipinski definition) is 5. The van der Waals surface area contributed by atoms with Crippen molar-refractivity contribution in [1.29, 1.82) is 0 Å². The summed E-state index contributed by atoms with van der Waals surface area (Å²) in [5.41, 5.74) is 2.45. The Morgan fingerprint density at radius 1 is 0.941 bits per heavy atom. The fourth-order valence-corrected chi connectivity index (χ4v) is 5.81.